The molecule has 1 amide bonds. The molecule has 0 spiro atoms. The van der Waals surface area contributed by atoms with E-state index in [1.54, 1.807) is 6.92 Å². The van der Waals surface area contributed by atoms with Gasteiger partial charge in [-0.15, -0.1) is 0 Å². The first-order valence-electron chi connectivity index (χ1n) is 5.95. The van der Waals surface area contributed by atoms with Crippen molar-refractivity contribution in [2.45, 2.75) is 45.2 Å². The summed E-state index contributed by atoms with van der Waals surface area (Å²) in [5, 5.41) is 0. The Labute approximate surface area is 100 Å². The van der Waals surface area contributed by atoms with Crippen LogP contribution in [0.25, 0.3) is 0 Å². The van der Waals surface area contributed by atoms with E-state index in [0.29, 0.717) is 19.4 Å². The number of amides is 1. The predicted octanol–water partition coefficient (Wildman–Crippen LogP) is 2.31. The zero-order chi connectivity index (χ0) is 13.3. The molecule has 0 fully saturated rings. The summed E-state index contributed by atoms with van der Waals surface area (Å²) >= 11 is 0. The van der Waals surface area contributed by atoms with E-state index in [0.717, 1.165) is 17.7 Å². The normalized spacial score (nSPS) is 11.6. The van der Waals surface area contributed by atoms with Crippen LogP contribution in [0.4, 0.5) is 13.2 Å². The van der Waals surface area contributed by atoms with Gasteiger partial charge in [-0.05, 0) is 25.8 Å². The number of hydrogen-bond donors (Lipinski definition) is 1. The first-order chi connectivity index (χ1) is 7.90. The Morgan fingerprint density at radius 2 is 1.88 bits per heavy atom. The van der Waals surface area contributed by atoms with Crippen molar-refractivity contribution in [2.75, 3.05) is 19.6 Å². The topological polar surface area (TPSA) is 46.3 Å². The number of carbonyl (C=O) groups is 1. The Morgan fingerprint density at radius 1 is 1.24 bits per heavy atom. The monoisotopic (exact) mass is 254 g/mol. The average molecular weight is 254 g/mol. The lowest BCUT2D eigenvalue weighted by Crippen LogP contribution is -2.39. The average Bonchev–Trinajstić information content (AvgIpc) is 2.21. The summed E-state index contributed by atoms with van der Waals surface area (Å²) in [6, 6.07) is 0. The van der Waals surface area contributed by atoms with Crippen molar-refractivity contribution in [3.63, 3.8) is 0 Å². The quantitative estimate of drug-likeness (QED) is 0.676. The maximum Gasteiger partial charge on any atom is 0.406 e. The number of rotatable bonds is 8. The molecule has 0 bridgehead atoms. The SMILES string of the molecule is CCCN(CC(F)(F)F)C(=O)CCCCCN. The summed E-state index contributed by atoms with van der Waals surface area (Å²) in [5.41, 5.74) is 5.29. The molecule has 0 saturated carbocycles. The van der Waals surface area contributed by atoms with Gasteiger partial charge < -0.3 is 10.6 Å². The molecule has 0 aliphatic rings. The number of unbranched alkanes of at least 4 members (excludes halogenated alkanes) is 2. The van der Waals surface area contributed by atoms with Crippen molar-refractivity contribution in [3.8, 4) is 0 Å². The highest BCUT2D eigenvalue weighted by Crippen LogP contribution is 2.17. The molecule has 102 valence electrons. The van der Waals surface area contributed by atoms with E-state index in [1.807, 2.05) is 0 Å². The summed E-state index contributed by atoms with van der Waals surface area (Å²) < 4.78 is 36.7. The highest BCUT2D eigenvalue weighted by Gasteiger charge is 2.32. The largest absolute Gasteiger partial charge is 0.406 e. The van der Waals surface area contributed by atoms with Crippen LogP contribution in [-0.2, 0) is 4.79 Å². The summed E-state index contributed by atoms with van der Waals surface area (Å²) in [4.78, 5) is 12.5. The molecule has 0 rings (SSSR count). The van der Waals surface area contributed by atoms with Gasteiger partial charge in [0.25, 0.3) is 0 Å². The summed E-state index contributed by atoms with van der Waals surface area (Å²) in [7, 11) is 0. The zero-order valence-corrected chi connectivity index (χ0v) is 10.2. The van der Waals surface area contributed by atoms with E-state index in [1.165, 1.54) is 0 Å². The Morgan fingerprint density at radius 3 is 2.35 bits per heavy atom. The molecule has 0 atom stereocenters. The number of hydrogen-bond acceptors (Lipinski definition) is 2. The molecule has 0 radical (unpaired) electrons. The first-order valence-corrected chi connectivity index (χ1v) is 5.95. The Balaban J connectivity index is 4.06. The van der Waals surface area contributed by atoms with Crippen molar-refractivity contribution < 1.29 is 18.0 Å². The number of nitrogens with zero attached hydrogens (tertiary/aromatic N) is 1. The molecular formula is C11H21F3N2O. The van der Waals surface area contributed by atoms with Crippen molar-refractivity contribution in [2.24, 2.45) is 5.73 Å². The number of alkyl halides is 3. The molecule has 6 heteroatoms. The second-order valence-electron chi connectivity index (χ2n) is 4.03. The van der Waals surface area contributed by atoms with Gasteiger partial charge in [0.05, 0.1) is 0 Å². The molecule has 0 aliphatic carbocycles. The minimum Gasteiger partial charge on any atom is -0.334 e. The predicted molar refractivity (Wildman–Crippen MR) is 60.4 cm³/mol. The van der Waals surface area contributed by atoms with Gasteiger partial charge in [-0.2, -0.15) is 13.2 Å². The Hall–Kier alpha value is -0.780. The van der Waals surface area contributed by atoms with Crippen molar-refractivity contribution >= 4 is 5.91 Å². The lowest BCUT2D eigenvalue weighted by Gasteiger charge is -2.23. The summed E-state index contributed by atoms with van der Waals surface area (Å²) in [5.74, 6) is -0.416. The van der Waals surface area contributed by atoms with Crippen LogP contribution in [0.15, 0.2) is 0 Å². The summed E-state index contributed by atoms with van der Waals surface area (Å²) in [6.07, 6.45) is -1.41. The zero-order valence-electron chi connectivity index (χ0n) is 10.2. The summed E-state index contributed by atoms with van der Waals surface area (Å²) in [6.45, 7) is 1.33. The van der Waals surface area contributed by atoms with Crippen LogP contribution >= 0.6 is 0 Å². The van der Waals surface area contributed by atoms with Gasteiger partial charge in [0, 0.05) is 13.0 Å². The highest BCUT2D eigenvalue weighted by atomic mass is 19.4. The van der Waals surface area contributed by atoms with Gasteiger partial charge in [-0.3, -0.25) is 4.79 Å². The molecule has 3 nitrogen and oxygen atoms in total. The van der Waals surface area contributed by atoms with Gasteiger partial charge in [-0.25, -0.2) is 0 Å². The highest BCUT2D eigenvalue weighted by molar-refractivity contribution is 5.76. The van der Waals surface area contributed by atoms with Crippen LogP contribution in [-0.4, -0.2) is 36.6 Å². The van der Waals surface area contributed by atoms with Crippen LogP contribution < -0.4 is 5.73 Å². The van der Waals surface area contributed by atoms with E-state index in [-0.39, 0.29) is 13.0 Å². The van der Waals surface area contributed by atoms with E-state index in [9.17, 15) is 18.0 Å². The van der Waals surface area contributed by atoms with Gasteiger partial charge in [0.1, 0.15) is 6.54 Å². The van der Waals surface area contributed by atoms with Crippen molar-refractivity contribution in [3.05, 3.63) is 0 Å². The molecule has 0 aromatic carbocycles. The van der Waals surface area contributed by atoms with Crippen LogP contribution in [0, 0.1) is 0 Å². The third-order valence-corrected chi connectivity index (χ3v) is 2.31. The van der Waals surface area contributed by atoms with E-state index < -0.39 is 18.6 Å². The molecule has 0 unspecified atom stereocenters. The van der Waals surface area contributed by atoms with Crippen molar-refractivity contribution in [1.82, 2.24) is 4.90 Å². The fourth-order valence-corrected chi connectivity index (χ4v) is 1.53. The molecule has 0 aromatic heterocycles. The number of nitrogens with two attached hydrogens (primary N) is 1. The third-order valence-electron chi connectivity index (χ3n) is 2.31. The van der Waals surface area contributed by atoms with Gasteiger partial charge in [-0.1, -0.05) is 13.3 Å². The number of carbonyl (C=O) groups excluding carboxylic acids is 1. The van der Waals surface area contributed by atoms with Crippen LogP contribution in [0.2, 0.25) is 0 Å². The van der Waals surface area contributed by atoms with Gasteiger partial charge >= 0.3 is 6.18 Å². The van der Waals surface area contributed by atoms with Crippen LogP contribution in [0.3, 0.4) is 0 Å². The molecule has 0 aromatic rings. The fraction of sp³-hybridized carbons (Fsp3) is 0.909. The van der Waals surface area contributed by atoms with Crippen LogP contribution in [0.5, 0.6) is 0 Å². The molecular weight excluding hydrogens is 233 g/mol. The molecule has 17 heavy (non-hydrogen) atoms. The second kappa shape index (κ2) is 8.33. The fourth-order valence-electron chi connectivity index (χ4n) is 1.53. The van der Waals surface area contributed by atoms with E-state index >= 15 is 0 Å². The maximum absolute atomic E-state index is 12.2. The Bertz CT molecular complexity index is 219. The Kier molecular flexibility index (Phi) is 7.95. The van der Waals surface area contributed by atoms with Gasteiger partial charge in [0.15, 0.2) is 0 Å². The minimum absolute atomic E-state index is 0.162. The lowest BCUT2D eigenvalue weighted by molar-refractivity contribution is -0.161. The second-order valence-corrected chi connectivity index (χ2v) is 4.03. The first kappa shape index (κ1) is 16.2. The smallest absolute Gasteiger partial charge is 0.334 e. The standard InChI is InChI=1S/C11H21F3N2O/c1-2-8-16(9-11(12,13)14)10(17)6-4-3-5-7-15/h2-9,15H2,1H3. The third kappa shape index (κ3) is 8.97. The van der Waals surface area contributed by atoms with Crippen molar-refractivity contribution in [1.29, 1.82) is 0 Å². The van der Waals surface area contributed by atoms with Crippen LogP contribution in [0.1, 0.15) is 39.0 Å². The van der Waals surface area contributed by atoms with E-state index in [4.69, 9.17) is 5.73 Å². The lowest BCUT2D eigenvalue weighted by atomic mass is 10.2. The molecule has 0 saturated heterocycles. The minimum atomic E-state index is -4.32. The molecule has 2 N–H and O–H groups in total. The maximum atomic E-state index is 12.2. The number of halogens is 3. The van der Waals surface area contributed by atoms with Gasteiger partial charge in [0.2, 0.25) is 5.91 Å². The van der Waals surface area contributed by atoms with E-state index in [2.05, 4.69) is 0 Å². The molecule has 0 heterocycles. The molecule has 0 aliphatic heterocycles.